The number of carbonyl (C=O) groups is 2. The smallest absolute Gasteiger partial charge is 0.336 e. The van der Waals surface area contributed by atoms with Crippen molar-refractivity contribution in [3.05, 3.63) is 70.1 Å². The van der Waals surface area contributed by atoms with Crippen LogP contribution < -0.4 is 19.5 Å². The Labute approximate surface area is 233 Å². The monoisotopic (exact) mass is 553 g/mol. The summed E-state index contributed by atoms with van der Waals surface area (Å²) in [5.74, 6) is 1.86. The van der Waals surface area contributed by atoms with Crippen molar-refractivity contribution in [2.24, 2.45) is 0 Å². The molecule has 2 aliphatic rings. The van der Waals surface area contributed by atoms with E-state index in [9.17, 15) is 14.7 Å². The molecule has 0 saturated carbocycles. The van der Waals surface area contributed by atoms with Crippen molar-refractivity contribution in [3.63, 3.8) is 0 Å². The van der Waals surface area contributed by atoms with Crippen molar-refractivity contribution in [1.29, 1.82) is 0 Å². The van der Waals surface area contributed by atoms with E-state index in [4.69, 9.17) is 18.9 Å². The van der Waals surface area contributed by atoms with Gasteiger partial charge >= 0.3 is 5.97 Å². The molecule has 1 aliphatic heterocycles. The van der Waals surface area contributed by atoms with Gasteiger partial charge < -0.3 is 29.4 Å². The molecule has 1 heterocycles. The Bertz CT molecular complexity index is 1320. The van der Waals surface area contributed by atoms with Crippen molar-refractivity contribution in [3.8, 4) is 23.0 Å². The molecule has 0 amide bonds. The SMILES string of the molecule is CCSCCOC(=O)C1=C(C)NC2=C(C(=O)C[C@@H](c3ccc(OC)c(OC)c3)C2)[C@H]1c1ccc(O)c(OC)c1. The molecule has 39 heavy (non-hydrogen) atoms. The molecule has 9 heteroatoms. The molecule has 2 N–H and O–H groups in total. The first-order valence-corrected chi connectivity index (χ1v) is 14.1. The van der Waals surface area contributed by atoms with E-state index in [-0.39, 0.29) is 36.2 Å². The van der Waals surface area contributed by atoms with Gasteiger partial charge in [-0.1, -0.05) is 19.1 Å². The van der Waals surface area contributed by atoms with E-state index in [1.54, 1.807) is 38.1 Å². The minimum absolute atomic E-state index is 0.0192. The van der Waals surface area contributed by atoms with Crippen LogP contribution in [0.1, 0.15) is 49.7 Å². The highest BCUT2D eigenvalue weighted by atomic mass is 32.2. The Morgan fingerprint density at radius 1 is 1.00 bits per heavy atom. The first kappa shape index (κ1) is 28.4. The molecule has 0 aromatic heterocycles. The van der Waals surface area contributed by atoms with Crippen LogP contribution in [0.15, 0.2) is 58.9 Å². The molecule has 2 aromatic rings. The normalized spacial score (nSPS) is 18.8. The average molecular weight is 554 g/mol. The molecule has 0 saturated heterocycles. The zero-order valence-electron chi connectivity index (χ0n) is 23.0. The maximum Gasteiger partial charge on any atom is 0.336 e. The molecule has 208 valence electrons. The number of Topliss-reactive ketones (excluding diaryl/α,β-unsaturated/α-hetero) is 1. The number of benzene rings is 2. The van der Waals surface area contributed by atoms with Gasteiger partial charge in [0.05, 0.1) is 26.9 Å². The van der Waals surface area contributed by atoms with Crippen molar-refractivity contribution in [2.45, 2.75) is 38.5 Å². The summed E-state index contributed by atoms with van der Waals surface area (Å²) in [6, 6.07) is 10.6. The largest absolute Gasteiger partial charge is 0.504 e. The lowest BCUT2D eigenvalue weighted by molar-refractivity contribution is -0.138. The van der Waals surface area contributed by atoms with Crippen molar-refractivity contribution in [2.75, 3.05) is 39.4 Å². The number of phenolic OH excluding ortho intramolecular Hbond substituents is 1. The van der Waals surface area contributed by atoms with Crippen LogP contribution in [-0.4, -0.2) is 56.3 Å². The number of thioether (sulfide) groups is 1. The number of aromatic hydroxyl groups is 1. The van der Waals surface area contributed by atoms with E-state index in [1.165, 1.54) is 13.2 Å². The molecule has 2 atom stereocenters. The Morgan fingerprint density at radius 2 is 1.69 bits per heavy atom. The summed E-state index contributed by atoms with van der Waals surface area (Å²) in [5, 5.41) is 13.6. The number of ketones is 1. The summed E-state index contributed by atoms with van der Waals surface area (Å²) < 4.78 is 21.8. The molecular weight excluding hydrogens is 518 g/mol. The van der Waals surface area contributed by atoms with Crippen LogP contribution in [0.4, 0.5) is 0 Å². The number of esters is 1. The highest BCUT2D eigenvalue weighted by Gasteiger charge is 2.41. The minimum atomic E-state index is -0.652. The van der Waals surface area contributed by atoms with Gasteiger partial charge in [-0.2, -0.15) is 11.8 Å². The number of rotatable bonds is 10. The third kappa shape index (κ3) is 5.88. The number of hydrogen-bond donors (Lipinski definition) is 2. The zero-order valence-corrected chi connectivity index (χ0v) is 23.8. The molecule has 4 rings (SSSR count). The fourth-order valence-corrected chi connectivity index (χ4v) is 5.76. The molecule has 0 spiro atoms. The molecule has 0 unspecified atom stereocenters. The standard InChI is InChI=1S/C30H35NO7S/c1-6-39-12-11-38-30(34)27-17(2)31-21-13-20(18-8-10-24(35-3)26(15-18)37-5)14-23(33)29(21)28(27)19-7-9-22(32)25(16-19)36-4/h7-10,15-16,20,28,31-32H,6,11-14H2,1-5H3/t20-,28-/m0/s1. The minimum Gasteiger partial charge on any atom is -0.504 e. The fraction of sp³-hybridized carbons (Fsp3) is 0.400. The van der Waals surface area contributed by atoms with Crippen LogP contribution in [-0.2, 0) is 14.3 Å². The Kier molecular flexibility index (Phi) is 9.12. The van der Waals surface area contributed by atoms with Crippen LogP contribution in [0.2, 0.25) is 0 Å². The summed E-state index contributed by atoms with van der Waals surface area (Å²) in [5.41, 5.74) is 3.99. The third-order valence-corrected chi connectivity index (χ3v) is 7.99. The highest BCUT2D eigenvalue weighted by Crippen LogP contribution is 2.47. The van der Waals surface area contributed by atoms with Crippen LogP contribution >= 0.6 is 11.8 Å². The summed E-state index contributed by atoms with van der Waals surface area (Å²) in [6.07, 6.45) is 0.852. The molecule has 2 aromatic carbocycles. The van der Waals surface area contributed by atoms with E-state index < -0.39 is 11.9 Å². The summed E-state index contributed by atoms with van der Waals surface area (Å²) in [6.45, 7) is 4.16. The highest BCUT2D eigenvalue weighted by molar-refractivity contribution is 7.99. The molecule has 0 bridgehead atoms. The Hall–Kier alpha value is -3.59. The van der Waals surface area contributed by atoms with Gasteiger partial charge in [0, 0.05) is 35.1 Å². The van der Waals surface area contributed by atoms with Gasteiger partial charge in [-0.3, -0.25) is 4.79 Å². The van der Waals surface area contributed by atoms with E-state index in [1.807, 2.05) is 25.1 Å². The van der Waals surface area contributed by atoms with Gasteiger partial charge in [0.15, 0.2) is 28.8 Å². The summed E-state index contributed by atoms with van der Waals surface area (Å²) in [4.78, 5) is 27.3. The maximum atomic E-state index is 13.9. The topological polar surface area (TPSA) is 103 Å². The van der Waals surface area contributed by atoms with E-state index in [2.05, 4.69) is 12.2 Å². The predicted octanol–water partition coefficient (Wildman–Crippen LogP) is 5.08. The van der Waals surface area contributed by atoms with Gasteiger partial charge in [-0.15, -0.1) is 0 Å². The summed E-state index contributed by atoms with van der Waals surface area (Å²) >= 11 is 1.69. The van der Waals surface area contributed by atoms with E-state index in [0.717, 1.165) is 17.0 Å². The lowest BCUT2D eigenvalue weighted by Gasteiger charge is -2.37. The van der Waals surface area contributed by atoms with Crippen molar-refractivity contribution < 1.29 is 33.6 Å². The van der Waals surface area contributed by atoms with Gasteiger partial charge in [-0.05, 0) is 60.4 Å². The van der Waals surface area contributed by atoms with Crippen LogP contribution in [0.3, 0.4) is 0 Å². The predicted molar refractivity (Wildman–Crippen MR) is 151 cm³/mol. The number of allylic oxidation sites excluding steroid dienone is 3. The number of ether oxygens (including phenoxy) is 4. The molecule has 1 aliphatic carbocycles. The summed E-state index contributed by atoms with van der Waals surface area (Å²) in [7, 11) is 4.64. The lowest BCUT2D eigenvalue weighted by atomic mass is 9.71. The molecule has 0 fully saturated rings. The quantitative estimate of drug-likeness (QED) is 0.308. The third-order valence-electron chi connectivity index (χ3n) is 7.13. The molecule has 8 nitrogen and oxygen atoms in total. The second kappa shape index (κ2) is 12.5. The second-order valence-corrected chi connectivity index (χ2v) is 10.8. The van der Waals surface area contributed by atoms with Crippen molar-refractivity contribution >= 4 is 23.5 Å². The Morgan fingerprint density at radius 3 is 2.38 bits per heavy atom. The lowest BCUT2D eigenvalue weighted by Crippen LogP contribution is -2.36. The number of hydrogen-bond acceptors (Lipinski definition) is 9. The van der Waals surface area contributed by atoms with Gasteiger partial charge in [0.2, 0.25) is 0 Å². The Balaban J connectivity index is 1.74. The van der Waals surface area contributed by atoms with Crippen LogP contribution in [0.25, 0.3) is 0 Å². The van der Waals surface area contributed by atoms with Crippen molar-refractivity contribution in [1.82, 2.24) is 5.32 Å². The van der Waals surface area contributed by atoms with Gasteiger partial charge in [-0.25, -0.2) is 4.79 Å². The molecular formula is C30H35NO7S. The zero-order chi connectivity index (χ0) is 28.1. The van der Waals surface area contributed by atoms with Gasteiger partial charge in [0.25, 0.3) is 0 Å². The first-order valence-electron chi connectivity index (χ1n) is 12.9. The number of phenols is 1. The van der Waals surface area contributed by atoms with Crippen LogP contribution in [0, 0.1) is 0 Å². The number of dihydropyridines is 1. The average Bonchev–Trinajstić information content (AvgIpc) is 2.94. The first-order chi connectivity index (χ1) is 18.8. The number of carbonyl (C=O) groups excluding carboxylic acids is 2. The van der Waals surface area contributed by atoms with Gasteiger partial charge in [0.1, 0.15) is 6.61 Å². The van der Waals surface area contributed by atoms with E-state index in [0.29, 0.717) is 46.1 Å². The maximum absolute atomic E-state index is 13.9. The molecule has 0 radical (unpaired) electrons. The van der Waals surface area contributed by atoms with Crippen LogP contribution in [0.5, 0.6) is 23.0 Å². The number of nitrogens with one attached hydrogen (secondary N) is 1. The fourth-order valence-electron chi connectivity index (χ4n) is 5.27. The second-order valence-electron chi connectivity index (χ2n) is 9.40. The van der Waals surface area contributed by atoms with E-state index >= 15 is 0 Å². The number of methoxy groups -OCH3 is 3.